The van der Waals surface area contributed by atoms with Crippen LogP contribution in [0.25, 0.3) is 11.1 Å². The largest absolute Gasteiger partial charge is 0.481 e. The topological polar surface area (TPSA) is 99.6 Å². The van der Waals surface area contributed by atoms with Gasteiger partial charge < -0.3 is 15.3 Å². The first-order valence-electron chi connectivity index (χ1n) is 14.5. The van der Waals surface area contributed by atoms with Crippen LogP contribution in [-0.2, 0) is 22.7 Å². The second kappa shape index (κ2) is 13.7. The second-order valence-electron chi connectivity index (χ2n) is 10.9. The molecule has 220 valence electrons. The fourth-order valence-corrected chi connectivity index (χ4v) is 5.91. The van der Waals surface area contributed by atoms with E-state index in [4.69, 9.17) is 16.7 Å². The van der Waals surface area contributed by atoms with Crippen molar-refractivity contribution in [3.05, 3.63) is 124 Å². The van der Waals surface area contributed by atoms with Crippen molar-refractivity contribution < 1.29 is 19.5 Å². The Labute approximate surface area is 256 Å². The summed E-state index contributed by atoms with van der Waals surface area (Å²) in [5, 5.41) is 12.1. The average Bonchev–Trinajstić information content (AvgIpc) is 3.46. The second-order valence-corrected chi connectivity index (χ2v) is 11.3. The summed E-state index contributed by atoms with van der Waals surface area (Å²) in [5.74, 6) is -1.82. The molecule has 4 aromatic rings. The van der Waals surface area contributed by atoms with E-state index in [0.29, 0.717) is 23.7 Å². The molecule has 0 spiro atoms. The first kappa shape index (κ1) is 30.0. The van der Waals surface area contributed by atoms with Crippen molar-refractivity contribution in [1.82, 2.24) is 15.2 Å². The molecule has 1 aromatic heterocycles. The minimum absolute atomic E-state index is 0.0513. The zero-order valence-electron chi connectivity index (χ0n) is 24.0. The number of carbonyl (C=O) groups is 3. The molecule has 3 aromatic carbocycles. The number of carboxylic acids is 1. The number of hydrogen-bond acceptors (Lipinski definition) is 4. The van der Waals surface area contributed by atoms with Crippen LogP contribution in [0.1, 0.15) is 70.6 Å². The highest BCUT2D eigenvalue weighted by Crippen LogP contribution is 2.40. The quantitative estimate of drug-likeness (QED) is 0.198. The molecule has 43 heavy (non-hydrogen) atoms. The number of hydrogen-bond donors (Lipinski definition) is 2. The number of amides is 2. The van der Waals surface area contributed by atoms with Crippen molar-refractivity contribution in [3.8, 4) is 11.1 Å². The Morgan fingerprint density at radius 2 is 1.65 bits per heavy atom. The van der Waals surface area contributed by atoms with E-state index in [1.54, 1.807) is 18.3 Å². The van der Waals surface area contributed by atoms with E-state index < -0.39 is 11.9 Å². The Bertz CT molecular complexity index is 1590. The van der Waals surface area contributed by atoms with Crippen molar-refractivity contribution in [2.75, 3.05) is 6.54 Å². The molecular weight excluding hydrogens is 562 g/mol. The number of carbonyl (C=O) groups excluding carboxylic acids is 2. The number of nitrogens with one attached hydrogen (secondary N) is 1. The number of halogens is 1. The SMILES string of the molecule is CCCC(c1ccc(C(=O)NCCC(=O)O)cc1)C(C(=O)N1Cc2ccc(-c3cccnc3)cc2C1)c1ccc(Cl)cc1. The summed E-state index contributed by atoms with van der Waals surface area (Å²) >= 11 is 6.24. The third-order valence-corrected chi connectivity index (χ3v) is 8.21. The minimum atomic E-state index is -0.967. The van der Waals surface area contributed by atoms with Crippen molar-refractivity contribution in [3.63, 3.8) is 0 Å². The summed E-state index contributed by atoms with van der Waals surface area (Å²) in [6.07, 6.45) is 5.10. The average molecular weight is 596 g/mol. The molecule has 1 aliphatic heterocycles. The Morgan fingerprint density at radius 1 is 0.930 bits per heavy atom. The lowest BCUT2D eigenvalue weighted by molar-refractivity contribution is -0.137. The summed E-state index contributed by atoms with van der Waals surface area (Å²) in [6, 6.07) is 25.1. The molecule has 2 N–H and O–H groups in total. The molecule has 0 aliphatic carbocycles. The van der Waals surface area contributed by atoms with E-state index in [1.807, 2.05) is 59.6 Å². The molecule has 0 saturated carbocycles. The summed E-state index contributed by atoms with van der Waals surface area (Å²) < 4.78 is 0. The summed E-state index contributed by atoms with van der Waals surface area (Å²) in [4.78, 5) is 44.0. The molecule has 2 amide bonds. The van der Waals surface area contributed by atoms with Gasteiger partial charge in [-0.2, -0.15) is 0 Å². The molecule has 0 bridgehead atoms. The number of fused-ring (bicyclic) bond motifs is 1. The van der Waals surface area contributed by atoms with Crippen LogP contribution in [0.2, 0.25) is 5.02 Å². The van der Waals surface area contributed by atoms with Crippen molar-refractivity contribution >= 4 is 29.4 Å². The number of nitrogens with zero attached hydrogens (tertiary/aromatic N) is 2. The Hall–Kier alpha value is -4.49. The van der Waals surface area contributed by atoms with Gasteiger partial charge in [0.15, 0.2) is 0 Å². The molecule has 2 heterocycles. The van der Waals surface area contributed by atoms with Crippen LogP contribution in [0.5, 0.6) is 0 Å². The predicted octanol–water partition coefficient (Wildman–Crippen LogP) is 6.82. The molecule has 1 aliphatic rings. The predicted molar refractivity (Wildman–Crippen MR) is 167 cm³/mol. The molecule has 2 unspecified atom stereocenters. The summed E-state index contributed by atoms with van der Waals surface area (Å²) in [7, 11) is 0. The summed E-state index contributed by atoms with van der Waals surface area (Å²) in [5.41, 5.74) is 6.69. The van der Waals surface area contributed by atoms with Crippen LogP contribution in [-0.4, -0.2) is 39.3 Å². The fourth-order valence-electron chi connectivity index (χ4n) is 5.78. The molecular formula is C35H34ClN3O4. The van der Waals surface area contributed by atoms with Crippen LogP contribution < -0.4 is 5.32 Å². The van der Waals surface area contributed by atoms with Gasteiger partial charge in [0.1, 0.15) is 0 Å². The first-order chi connectivity index (χ1) is 20.8. The van der Waals surface area contributed by atoms with Gasteiger partial charge in [0.25, 0.3) is 5.91 Å². The van der Waals surface area contributed by atoms with Gasteiger partial charge in [-0.25, -0.2) is 0 Å². The normalized spacial score (nSPS) is 13.7. The van der Waals surface area contributed by atoms with Crippen LogP contribution >= 0.6 is 11.6 Å². The number of pyridine rings is 1. The maximum atomic E-state index is 14.5. The highest BCUT2D eigenvalue weighted by atomic mass is 35.5. The van der Waals surface area contributed by atoms with Gasteiger partial charge in [0.05, 0.1) is 12.3 Å². The molecule has 0 radical (unpaired) electrons. The molecule has 2 atom stereocenters. The fraction of sp³-hybridized carbons (Fsp3) is 0.257. The number of benzene rings is 3. The highest BCUT2D eigenvalue weighted by Gasteiger charge is 2.36. The first-order valence-corrected chi connectivity index (χ1v) is 14.9. The maximum absolute atomic E-state index is 14.5. The monoisotopic (exact) mass is 595 g/mol. The molecule has 8 heteroatoms. The van der Waals surface area contributed by atoms with Crippen molar-refractivity contribution in [1.29, 1.82) is 0 Å². The van der Waals surface area contributed by atoms with Gasteiger partial charge >= 0.3 is 5.97 Å². The lowest BCUT2D eigenvalue weighted by atomic mass is 9.77. The van der Waals surface area contributed by atoms with E-state index in [9.17, 15) is 14.4 Å². The molecule has 0 fully saturated rings. The van der Waals surface area contributed by atoms with Crippen LogP contribution in [0.3, 0.4) is 0 Å². The zero-order valence-corrected chi connectivity index (χ0v) is 24.8. The van der Waals surface area contributed by atoms with E-state index in [2.05, 4.69) is 35.4 Å². The number of rotatable bonds is 11. The van der Waals surface area contributed by atoms with E-state index in [0.717, 1.165) is 46.2 Å². The van der Waals surface area contributed by atoms with Gasteiger partial charge in [-0.1, -0.05) is 67.4 Å². The smallest absolute Gasteiger partial charge is 0.305 e. The third-order valence-electron chi connectivity index (χ3n) is 7.96. The lowest BCUT2D eigenvalue weighted by Gasteiger charge is -2.31. The van der Waals surface area contributed by atoms with E-state index in [1.165, 1.54) is 0 Å². The van der Waals surface area contributed by atoms with Crippen LogP contribution in [0.15, 0.2) is 91.3 Å². The zero-order chi connectivity index (χ0) is 30.3. The Balaban J connectivity index is 1.42. The maximum Gasteiger partial charge on any atom is 0.305 e. The Morgan fingerprint density at radius 3 is 2.33 bits per heavy atom. The summed E-state index contributed by atoms with van der Waals surface area (Å²) in [6.45, 7) is 3.23. The van der Waals surface area contributed by atoms with Gasteiger partial charge in [-0.05, 0) is 82.1 Å². The third kappa shape index (κ3) is 7.12. The number of carboxylic acid groups (broad SMARTS) is 1. The molecule has 5 rings (SSSR count). The van der Waals surface area contributed by atoms with Gasteiger partial charge in [0, 0.05) is 42.6 Å². The molecule has 7 nitrogen and oxygen atoms in total. The van der Waals surface area contributed by atoms with Gasteiger partial charge in [-0.3, -0.25) is 19.4 Å². The number of aromatic nitrogens is 1. The standard InChI is InChI=1S/C35H34ClN3O4/c1-2-4-31(23-6-8-25(9-7-23)34(42)38-18-16-32(40)41)33(24-12-14-30(36)15-13-24)35(43)39-21-28-11-10-26(19-29(28)22-39)27-5-3-17-37-20-27/h3,5-15,17,19-20,31,33H,2,4,16,18,21-22H2,1H3,(H,38,42)(H,40,41). The van der Waals surface area contributed by atoms with Crippen molar-refractivity contribution in [2.45, 2.75) is 51.1 Å². The number of aliphatic carboxylic acids is 1. The van der Waals surface area contributed by atoms with E-state index in [-0.39, 0.29) is 30.7 Å². The van der Waals surface area contributed by atoms with Crippen LogP contribution in [0, 0.1) is 0 Å². The van der Waals surface area contributed by atoms with Crippen molar-refractivity contribution in [2.24, 2.45) is 0 Å². The van der Waals surface area contributed by atoms with E-state index >= 15 is 0 Å². The van der Waals surface area contributed by atoms with Gasteiger partial charge in [0.2, 0.25) is 5.91 Å². The lowest BCUT2D eigenvalue weighted by Crippen LogP contribution is -2.34. The van der Waals surface area contributed by atoms with Gasteiger partial charge in [-0.15, -0.1) is 0 Å². The Kier molecular flexibility index (Phi) is 9.52. The minimum Gasteiger partial charge on any atom is -0.481 e. The van der Waals surface area contributed by atoms with Crippen LogP contribution in [0.4, 0.5) is 0 Å². The molecule has 0 saturated heterocycles. The highest BCUT2D eigenvalue weighted by molar-refractivity contribution is 6.30.